The van der Waals surface area contributed by atoms with E-state index in [1.54, 1.807) is 0 Å². The minimum Gasteiger partial charge on any atom is -0.258 e. The highest BCUT2D eigenvalue weighted by molar-refractivity contribution is 14.1. The molecule has 6 heteroatoms. The number of benzene rings is 1. The van der Waals surface area contributed by atoms with Gasteiger partial charge in [0.25, 0.3) is 5.69 Å². The number of hydrogen-bond acceptors (Lipinski definition) is 3. The van der Waals surface area contributed by atoms with E-state index in [1.165, 1.54) is 12.1 Å². The maximum Gasteiger partial charge on any atom is 0.287 e. The molecular weight excluding hydrogens is 318 g/mol. The summed E-state index contributed by atoms with van der Waals surface area (Å²) in [5.41, 5.74) is 0.746. The van der Waals surface area contributed by atoms with Crippen LogP contribution in [0.3, 0.4) is 0 Å². The number of rotatable bonds is 2. The van der Waals surface area contributed by atoms with Crippen molar-refractivity contribution in [3.63, 3.8) is 0 Å². The Hall–Kier alpha value is -0.870. The first kappa shape index (κ1) is 11.2. The van der Waals surface area contributed by atoms with Gasteiger partial charge in [-0.3, -0.25) is 10.1 Å². The molecule has 0 radical (unpaired) electrons. The van der Waals surface area contributed by atoms with Gasteiger partial charge in [-0.15, -0.1) is 11.6 Å². The molecule has 0 amide bonds. The van der Waals surface area contributed by atoms with Crippen LogP contribution < -0.4 is 0 Å². The van der Waals surface area contributed by atoms with E-state index >= 15 is 0 Å². The smallest absolute Gasteiger partial charge is 0.258 e. The van der Waals surface area contributed by atoms with Crippen LogP contribution in [-0.4, -0.2) is 4.92 Å². The molecule has 4 nitrogen and oxygen atoms in total. The van der Waals surface area contributed by atoms with Crippen molar-refractivity contribution in [3.8, 4) is 6.07 Å². The topological polar surface area (TPSA) is 66.9 Å². The monoisotopic (exact) mass is 322 g/mol. The van der Waals surface area contributed by atoms with E-state index in [-0.39, 0.29) is 11.6 Å². The molecule has 0 aliphatic heterocycles. The van der Waals surface area contributed by atoms with Crippen molar-refractivity contribution in [3.05, 3.63) is 36.9 Å². The highest BCUT2D eigenvalue weighted by Crippen LogP contribution is 2.28. The van der Waals surface area contributed by atoms with Crippen LogP contribution >= 0.6 is 34.2 Å². The molecule has 1 aromatic rings. The van der Waals surface area contributed by atoms with Gasteiger partial charge in [-0.25, -0.2) is 0 Å². The lowest BCUT2D eigenvalue weighted by Crippen LogP contribution is -1.97. The van der Waals surface area contributed by atoms with Crippen LogP contribution in [0.2, 0.25) is 0 Å². The van der Waals surface area contributed by atoms with Crippen LogP contribution in [0, 0.1) is 25.0 Å². The average Bonchev–Trinajstić information content (AvgIpc) is 2.15. The van der Waals surface area contributed by atoms with Gasteiger partial charge in [0, 0.05) is 5.56 Å². The molecular formula is C8H4ClIN2O2. The molecule has 1 rings (SSSR count). The fourth-order valence-electron chi connectivity index (χ4n) is 1.03. The van der Waals surface area contributed by atoms with Crippen molar-refractivity contribution in [1.82, 2.24) is 0 Å². The van der Waals surface area contributed by atoms with Gasteiger partial charge in [-0.2, -0.15) is 5.26 Å². The van der Waals surface area contributed by atoms with Crippen LogP contribution in [0.4, 0.5) is 5.69 Å². The summed E-state index contributed by atoms with van der Waals surface area (Å²) in [5.74, 6) is 0.0296. The molecule has 0 unspecified atom stereocenters. The number of alkyl halides is 1. The van der Waals surface area contributed by atoms with E-state index < -0.39 is 4.92 Å². The van der Waals surface area contributed by atoms with Gasteiger partial charge in [0.1, 0.15) is 0 Å². The Morgan fingerprint density at radius 2 is 2.29 bits per heavy atom. The number of nitro benzene ring substituents is 1. The summed E-state index contributed by atoms with van der Waals surface area (Å²) in [7, 11) is 0. The number of halogens is 2. The molecule has 0 atom stereocenters. The van der Waals surface area contributed by atoms with Crippen molar-refractivity contribution in [2.45, 2.75) is 5.88 Å². The Morgan fingerprint density at radius 1 is 1.64 bits per heavy atom. The van der Waals surface area contributed by atoms with Crippen molar-refractivity contribution in [1.29, 1.82) is 5.26 Å². The molecule has 0 aliphatic carbocycles. The molecule has 72 valence electrons. The molecule has 0 N–H and O–H groups in total. The number of nitriles is 1. The Kier molecular flexibility index (Phi) is 3.66. The second-order valence-corrected chi connectivity index (χ2v) is 3.90. The van der Waals surface area contributed by atoms with Crippen molar-refractivity contribution < 1.29 is 4.92 Å². The quantitative estimate of drug-likeness (QED) is 0.364. The van der Waals surface area contributed by atoms with Gasteiger partial charge in [0.15, 0.2) is 0 Å². The van der Waals surface area contributed by atoms with Crippen LogP contribution in [0.25, 0.3) is 0 Å². The first-order chi connectivity index (χ1) is 6.60. The summed E-state index contributed by atoms with van der Waals surface area (Å²) in [5, 5.41) is 19.3. The fraction of sp³-hybridized carbons (Fsp3) is 0.125. The third kappa shape index (κ3) is 2.13. The van der Waals surface area contributed by atoms with Gasteiger partial charge in [0.05, 0.1) is 26.0 Å². The predicted molar refractivity (Wildman–Crippen MR) is 60.1 cm³/mol. The Bertz CT molecular complexity index is 428. The van der Waals surface area contributed by atoms with E-state index in [0.717, 1.165) is 0 Å². The second kappa shape index (κ2) is 4.57. The molecule has 0 saturated carbocycles. The zero-order valence-electron chi connectivity index (χ0n) is 6.83. The Morgan fingerprint density at radius 3 is 2.71 bits per heavy atom. The summed E-state index contributed by atoms with van der Waals surface area (Å²) in [6.07, 6.45) is 0. The van der Waals surface area contributed by atoms with Gasteiger partial charge in [-0.1, -0.05) is 0 Å². The molecule has 0 spiro atoms. The molecule has 14 heavy (non-hydrogen) atoms. The molecule has 0 saturated heterocycles. The number of hydrogen-bond donors (Lipinski definition) is 0. The van der Waals surface area contributed by atoms with Crippen LogP contribution in [0.5, 0.6) is 0 Å². The van der Waals surface area contributed by atoms with Gasteiger partial charge in [-0.05, 0) is 34.7 Å². The highest BCUT2D eigenvalue weighted by Gasteiger charge is 2.18. The third-order valence-electron chi connectivity index (χ3n) is 1.60. The largest absolute Gasteiger partial charge is 0.287 e. The van der Waals surface area contributed by atoms with Crippen molar-refractivity contribution in [2.24, 2.45) is 0 Å². The predicted octanol–water partition coefficient (Wildman–Crippen LogP) is 2.81. The van der Waals surface area contributed by atoms with Crippen LogP contribution in [0.15, 0.2) is 12.1 Å². The standard InChI is InChI=1S/C8H4ClIN2O2/c9-3-6-1-5(4-11)2-7(10)8(6)12(13)14/h1-2H,3H2. The number of nitrogens with zero attached hydrogens (tertiary/aromatic N) is 2. The molecule has 0 bridgehead atoms. The normalized spacial score (nSPS) is 9.50. The molecule has 0 heterocycles. The van der Waals surface area contributed by atoms with Crippen LogP contribution in [0.1, 0.15) is 11.1 Å². The maximum absolute atomic E-state index is 10.7. The van der Waals surface area contributed by atoms with E-state index in [1.807, 2.05) is 28.7 Å². The highest BCUT2D eigenvalue weighted by atomic mass is 127. The summed E-state index contributed by atoms with van der Waals surface area (Å²) in [4.78, 5) is 10.2. The lowest BCUT2D eigenvalue weighted by atomic mass is 10.1. The minimum absolute atomic E-state index is 0.0143. The average molecular weight is 322 g/mol. The van der Waals surface area contributed by atoms with Crippen molar-refractivity contribution in [2.75, 3.05) is 0 Å². The molecule has 1 aromatic carbocycles. The maximum atomic E-state index is 10.7. The van der Waals surface area contributed by atoms with Crippen molar-refractivity contribution >= 4 is 39.9 Å². The van der Waals surface area contributed by atoms with E-state index in [9.17, 15) is 10.1 Å². The lowest BCUT2D eigenvalue weighted by molar-refractivity contribution is -0.386. The van der Waals surface area contributed by atoms with E-state index in [4.69, 9.17) is 16.9 Å². The van der Waals surface area contributed by atoms with E-state index in [2.05, 4.69) is 0 Å². The third-order valence-corrected chi connectivity index (χ3v) is 2.71. The zero-order chi connectivity index (χ0) is 10.7. The number of nitro groups is 1. The second-order valence-electron chi connectivity index (χ2n) is 2.47. The summed E-state index contributed by atoms with van der Waals surface area (Å²) in [6.45, 7) is 0. The molecule has 0 aliphatic rings. The Labute approximate surface area is 98.8 Å². The first-order valence-electron chi connectivity index (χ1n) is 3.53. The van der Waals surface area contributed by atoms with Gasteiger partial charge >= 0.3 is 0 Å². The molecule has 0 fully saturated rings. The first-order valence-corrected chi connectivity index (χ1v) is 5.14. The van der Waals surface area contributed by atoms with Crippen LogP contribution in [-0.2, 0) is 5.88 Å². The lowest BCUT2D eigenvalue weighted by Gasteiger charge is -2.01. The summed E-state index contributed by atoms with van der Waals surface area (Å²) >= 11 is 7.38. The molecule has 0 aromatic heterocycles. The minimum atomic E-state index is -0.485. The van der Waals surface area contributed by atoms with E-state index in [0.29, 0.717) is 14.7 Å². The van der Waals surface area contributed by atoms with Gasteiger partial charge < -0.3 is 0 Å². The zero-order valence-corrected chi connectivity index (χ0v) is 9.74. The Balaban J connectivity index is 3.44. The summed E-state index contributed by atoms with van der Waals surface area (Å²) in [6, 6.07) is 4.83. The fourth-order valence-corrected chi connectivity index (χ4v) is 2.11. The SMILES string of the molecule is N#Cc1cc(I)c([N+](=O)[O-])c(CCl)c1. The summed E-state index contributed by atoms with van der Waals surface area (Å²) < 4.78 is 0.433. The van der Waals surface area contributed by atoms with Gasteiger partial charge in [0.2, 0.25) is 0 Å².